The van der Waals surface area contributed by atoms with Gasteiger partial charge in [0.15, 0.2) is 9.84 Å². The van der Waals surface area contributed by atoms with Crippen molar-refractivity contribution >= 4 is 20.9 Å². The average molecular weight is 307 g/mol. The van der Waals surface area contributed by atoms with Crippen molar-refractivity contribution in [3.05, 3.63) is 24.0 Å². The number of sulfone groups is 1. The number of fused-ring (bicyclic) bond motifs is 1. The summed E-state index contributed by atoms with van der Waals surface area (Å²) in [4.78, 5) is 8.03. The molecule has 0 aliphatic heterocycles. The van der Waals surface area contributed by atoms with E-state index in [0.717, 1.165) is 31.2 Å². The van der Waals surface area contributed by atoms with E-state index in [1.165, 1.54) is 6.26 Å². The van der Waals surface area contributed by atoms with Crippen molar-refractivity contribution in [3.8, 4) is 0 Å². The Bertz CT molecular complexity index is 771. The van der Waals surface area contributed by atoms with Gasteiger partial charge in [-0.3, -0.25) is 0 Å². The van der Waals surface area contributed by atoms with Gasteiger partial charge in [0, 0.05) is 6.26 Å². The van der Waals surface area contributed by atoms with Crippen LogP contribution in [0.15, 0.2) is 23.1 Å². The summed E-state index contributed by atoms with van der Waals surface area (Å²) in [6, 6.07) is 5.16. The number of imidazole rings is 1. The lowest BCUT2D eigenvalue weighted by atomic mass is 9.77. The van der Waals surface area contributed by atoms with E-state index in [0.29, 0.717) is 17.3 Å². The predicted octanol–water partition coefficient (Wildman–Crippen LogP) is 2.33. The summed E-state index contributed by atoms with van der Waals surface area (Å²) in [5.74, 6) is 1.40. The van der Waals surface area contributed by atoms with E-state index in [2.05, 4.69) is 16.9 Å². The first-order valence-electron chi connectivity index (χ1n) is 7.28. The van der Waals surface area contributed by atoms with E-state index in [-0.39, 0.29) is 4.90 Å². The van der Waals surface area contributed by atoms with E-state index in [4.69, 9.17) is 5.73 Å². The highest BCUT2D eigenvalue weighted by Gasteiger charge is 2.35. The number of nitrogens with zero attached hydrogens (tertiary/aromatic N) is 1. The number of hydrogen-bond donors (Lipinski definition) is 2. The number of nitrogens with one attached hydrogen (secondary N) is 1. The first-order chi connectivity index (χ1) is 9.79. The van der Waals surface area contributed by atoms with E-state index >= 15 is 0 Å². The van der Waals surface area contributed by atoms with Crippen LogP contribution in [0.5, 0.6) is 0 Å². The number of para-hydroxylation sites is 1. The van der Waals surface area contributed by atoms with Crippen molar-refractivity contribution in [1.29, 1.82) is 0 Å². The maximum Gasteiger partial charge on any atom is 0.177 e. The molecule has 6 heteroatoms. The molecular formula is C15H21N3O2S. The maximum absolute atomic E-state index is 11.9. The van der Waals surface area contributed by atoms with Crippen molar-refractivity contribution in [2.75, 3.05) is 6.26 Å². The average Bonchev–Trinajstić information content (AvgIpc) is 2.85. The molecule has 1 fully saturated rings. The Labute approximate surface area is 124 Å². The normalized spacial score (nSPS) is 27.1. The topological polar surface area (TPSA) is 88.8 Å². The Morgan fingerprint density at radius 3 is 2.62 bits per heavy atom. The van der Waals surface area contributed by atoms with Gasteiger partial charge in [-0.05, 0) is 43.7 Å². The summed E-state index contributed by atoms with van der Waals surface area (Å²) in [6.07, 6.45) is 5.11. The number of aromatic amines is 1. The van der Waals surface area contributed by atoms with Crippen molar-refractivity contribution in [2.24, 2.45) is 11.7 Å². The molecule has 2 aromatic rings. The Kier molecular flexibility index (Phi) is 3.33. The van der Waals surface area contributed by atoms with Crippen molar-refractivity contribution in [1.82, 2.24) is 9.97 Å². The van der Waals surface area contributed by atoms with Gasteiger partial charge in [-0.15, -0.1) is 0 Å². The van der Waals surface area contributed by atoms with Crippen LogP contribution in [0.25, 0.3) is 11.0 Å². The van der Waals surface area contributed by atoms with Gasteiger partial charge in [-0.2, -0.15) is 0 Å². The summed E-state index contributed by atoms with van der Waals surface area (Å²) in [7, 11) is -3.30. The molecule has 0 atom stereocenters. The number of hydrogen-bond acceptors (Lipinski definition) is 4. The van der Waals surface area contributed by atoms with Gasteiger partial charge >= 0.3 is 0 Å². The minimum atomic E-state index is -3.30. The molecule has 0 unspecified atom stereocenters. The third-order valence-corrected chi connectivity index (χ3v) is 5.64. The van der Waals surface area contributed by atoms with Gasteiger partial charge in [-0.1, -0.05) is 13.0 Å². The van der Waals surface area contributed by atoms with E-state index in [9.17, 15) is 8.42 Å². The molecule has 114 valence electrons. The SMILES string of the molecule is CC1CCC(N)(c2nc3c(S(C)(=O)=O)cccc3[nH]2)CC1. The van der Waals surface area contributed by atoms with Crippen molar-refractivity contribution < 1.29 is 8.42 Å². The fourth-order valence-corrected chi connectivity index (χ4v) is 3.89. The number of aromatic nitrogens is 2. The van der Waals surface area contributed by atoms with Crippen LogP contribution in [0.1, 0.15) is 38.4 Å². The molecule has 1 saturated carbocycles. The second-order valence-corrected chi connectivity index (χ2v) is 8.33. The lowest BCUT2D eigenvalue weighted by Crippen LogP contribution is -2.41. The lowest BCUT2D eigenvalue weighted by molar-refractivity contribution is 0.238. The minimum Gasteiger partial charge on any atom is -0.340 e. The van der Waals surface area contributed by atoms with Crippen LogP contribution in [0.4, 0.5) is 0 Å². The molecule has 1 aromatic heterocycles. The van der Waals surface area contributed by atoms with Gasteiger partial charge in [0.2, 0.25) is 0 Å². The first-order valence-corrected chi connectivity index (χ1v) is 9.17. The Balaban J connectivity index is 2.10. The van der Waals surface area contributed by atoms with Crippen LogP contribution >= 0.6 is 0 Å². The summed E-state index contributed by atoms with van der Waals surface area (Å²) >= 11 is 0. The molecule has 0 spiro atoms. The number of rotatable bonds is 2. The minimum absolute atomic E-state index is 0.260. The highest BCUT2D eigenvalue weighted by Crippen LogP contribution is 2.37. The molecule has 0 saturated heterocycles. The summed E-state index contributed by atoms with van der Waals surface area (Å²) in [6.45, 7) is 2.24. The Morgan fingerprint density at radius 2 is 2.00 bits per heavy atom. The third-order valence-electron chi connectivity index (χ3n) is 4.51. The molecule has 1 heterocycles. The third kappa shape index (κ3) is 2.58. The molecule has 1 aliphatic carbocycles. The van der Waals surface area contributed by atoms with Gasteiger partial charge in [0.1, 0.15) is 11.3 Å². The zero-order chi connectivity index (χ0) is 15.3. The highest BCUT2D eigenvalue weighted by atomic mass is 32.2. The predicted molar refractivity (Wildman–Crippen MR) is 82.7 cm³/mol. The molecule has 1 aromatic carbocycles. The molecule has 0 bridgehead atoms. The molecule has 0 radical (unpaired) electrons. The molecule has 3 N–H and O–H groups in total. The summed E-state index contributed by atoms with van der Waals surface area (Å²) < 4.78 is 23.7. The van der Waals surface area contributed by atoms with Crippen LogP contribution in [-0.4, -0.2) is 24.6 Å². The fraction of sp³-hybridized carbons (Fsp3) is 0.533. The molecule has 1 aliphatic rings. The first kappa shape index (κ1) is 14.5. The van der Waals surface area contributed by atoms with Crippen LogP contribution in [0, 0.1) is 5.92 Å². The van der Waals surface area contributed by atoms with E-state index in [1.807, 2.05) is 6.07 Å². The summed E-state index contributed by atoms with van der Waals surface area (Å²) in [5.41, 5.74) is 7.28. The molecule has 5 nitrogen and oxygen atoms in total. The maximum atomic E-state index is 11.9. The highest BCUT2D eigenvalue weighted by molar-refractivity contribution is 7.91. The number of benzene rings is 1. The second-order valence-electron chi connectivity index (χ2n) is 6.35. The smallest absolute Gasteiger partial charge is 0.177 e. The molecule has 21 heavy (non-hydrogen) atoms. The largest absolute Gasteiger partial charge is 0.340 e. The van der Waals surface area contributed by atoms with Gasteiger partial charge < -0.3 is 10.7 Å². The fourth-order valence-electron chi connectivity index (χ4n) is 3.05. The Hall–Kier alpha value is -1.40. The van der Waals surface area contributed by atoms with Crippen LogP contribution in [0.3, 0.4) is 0 Å². The van der Waals surface area contributed by atoms with Crippen LogP contribution in [-0.2, 0) is 15.4 Å². The van der Waals surface area contributed by atoms with Gasteiger partial charge in [0.25, 0.3) is 0 Å². The molecule has 3 rings (SSSR count). The van der Waals surface area contributed by atoms with Crippen molar-refractivity contribution in [2.45, 2.75) is 43.0 Å². The standard InChI is InChI=1S/C15H21N3O2S/c1-10-6-8-15(16,9-7-10)14-17-11-4-3-5-12(13(11)18-14)21(2,19)20/h3-5,10H,6-9,16H2,1-2H3,(H,17,18). The van der Waals surface area contributed by atoms with Gasteiger partial charge in [0.05, 0.1) is 16.0 Å². The van der Waals surface area contributed by atoms with Gasteiger partial charge in [-0.25, -0.2) is 13.4 Å². The summed E-state index contributed by atoms with van der Waals surface area (Å²) in [5, 5.41) is 0. The number of nitrogens with two attached hydrogens (primary N) is 1. The van der Waals surface area contributed by atoms with Crippen LogP contribution < -0.4 is 5.73 Å². The molecule has 0 amide bonds. The zero-order valence-electron chi connectivity index (χ0n) is 12.4. The molecular weight excluding hydrogens is 286 g/mol. The van der Waals surface area contributed by atoms with E-state index < -0.39 is 15.4 Å². The van der Waals surface area contributed by atoms with E-state index in [1.54, 1.807) is 12.1 Å². The second kappa shape index (κ2) is 4.81. The van der Waals surface area contributed by atoms with Crippen LogP contribution in [0.2, 0.25) is 0 Å². The van der Waals surface area contributed by atoms with Crippen molar-refractivity contribution in [3.63, 3.8) is 0 Å². The monoisotopic (exact) mass is 307 g/mol. The zero-order valence-corrected chi connectivity index (χ0v) is 13.2. The Morgan fingerprint density at radius 1 is 1.33 bits per heavy atom. The lowest BCUT2D eigenvalue weighted by Gasteiger charge is -2.34. The number of H-pyrrole nitrogens is 1. The quantitative estimate of drug-likeness (QED) is 0.891.